The van der Waals surface area contributed by atoms with Gasteiger partial charge in [0.2, 0.25) is 5.91 Å². The molecule has 0 bridgehead atoms. The number of imidazole rings is 1. The molecule has 0 radical (unpaired) electrons. The third-order valence-electron chi connectivity index (χ3n) is 6.13. The Bertz CT molecular complexity index is 1640. The van der Waals surface area contributed by atoms with Gasteiger partial charge in [-0.15, -0.1) is 0 Å². The molecule has 3 heterocycles. The molecule has 3 aromatic carbocycles. The molecule has 6 rings (SSSR count). The van der Waals surface area contributed by atoms with E-state index in [0.29, 0.717) is 23.0 Å². The highest BCUT2D eigenvalue weighted by Crippen LogP contribution is 2.46. The first kappa shape index (κ1) is 22.1. The number of carbonyl (C=O) groups excluding carboxylic acids is 1. The number of thioether (sulfide) groups is 1. The lowest BCUT2D eigenvalue weighted by Gasteiger charge is -2.15. The van der Waals surface area contributed by atoms with E-state index in [2.05, 4.69) is 17.1 Å². The first-order chi connectivity index (χ1) is 17.6. The lowest BCUT2D eigenvalue weighted by molar-refractivity contribution is -0.116. The topological polar surface area (TPSA) is 71.0 Å². The average molecular weight is 491 g/mol. The Hall–Kier alpha value is -4.36. The zero-order chi connectivity index (χ0) is 24.6. The largest absolute Gasteiger partial charge is 0.354 e. The van der Waals surface area contributed by atoms with Crippen LogP contribution in [0.5, 0.6) is 0 Å². The van der Waals surface area contributed by atoms with E-state index in [9.17, 15) is 9.59 Å². The van der Waals surface area contributed by atoms with Crippen LogP contribution in [0.4, 0.5) is 5.69 Å². The minimum Gasteiger partial charge on any atom is -0.354 e. The van der Waals surface area contributed by atoms with Crippen LogP contribution in [0.1, 0.15) is 23.9 Å². The van der Waals surface area contributed by atoms with Gasteiger partial charge in [-0.2, -0.15) is 0 Å². The minimum atomic E-state index is -0.224. The van der Waals surface area contributed by atoms with E-state index in [4.69, 9.17) is 4.98 Å². The fourth-order valence-corrected chi connectivity index (χ4v) is 5.60. The van der Waals surface area contributed by atoms with Crippen molar-refractivity contribution in [1.82, 2.24) is 14.5 Å². The van der Waals surface area contributed by atoms with Crippen molar-refractivity contribution in [2.45, 2.75) is 18.2 Å². The Morgan fingerprint density at radius 1 is 0.972 bits per heavy atom. The summed E-state index contributed by atoms with van der Waals surface area (Å²) in [7, 11) is 0. The molecule has 7 heteroatoms. The summed E-state index contributed by atoms with van der Waals surface area (Å²) in [4.78, 5) is 36.9. The Morgan fingerprint density at radius 2 is 1.67 bits per heavy atom. The summed E-state index contributed by atoms with van der Waals surface area (Å²) in [6.45, 7) is 1.53. The molecule has 0 atom stereocenters. The van der Waals surface area contributed by atoms with E-state index < -0.39 is 0 Å². The maximum absolute atomic E-state index is 13.6. The normalized spacial score (nSPS) is 13.9. The number of benzene rings is 3. The van der Waals surface area contributed by atoms with Crippen LogP contribution >= 0.6 is 11.8 Å². The number of H-pyrrole nitrogens is 1. The first-order valence-electron chi connectivity index (χ1n) is 11.6. The van der Waals surface area contributed by atoms with E-state index in [0.717, 1.165) is 33.1 Å². The van der Waals surface area contributed by atoms with Gasteiger partial charge in [-0.3, -0.25) is 19.1 Å². The monoisotopic (exact) mass is 490 g/mol. The van der Waals surface area contributed by atoms with Gasteiger partial charge in [0.05, 0.1) is 22.1 Å². The number of para-hydroxylation sites is 1. The van der Waals surface area contributed by atoms with Gasteiger partial charge in [0.15, 0.2) is 5.82 Å². The zero-order valence-electron chi connectivity index (χ0n) is 19.5. The van der Waals surface area contributed by atoms with Gasteiger partial charge in [0, 0.05) is 30.5 Å². The smallest absolute Gasteiger partial charge is 0.282 e. The number of nitrogens with zero attached hydrogens (tertiary/aromatic N) is 3. The number of anilines is 1. The molecule has 6 nitrogen and oxygen atoms in total. The van der Waals surface area contributed by atoms with Gasteiger partial charge in [0.25, 0.3) is 5.56 Å². The molecule has 3 aromatic rings. The van der Waals surface area contributed by atoms with Crippen LogP contribution in [0.15, 0.2) is 106 Å². The van der Waals surface area contributed by atoms with Gasteiger partial charge in [-0.05, 0) is 23.3 Å². The summed E-state index contributed by atoms with van der Waals surface area (Å²) in [6, 6.07) is 27.7. The Morgan fingerprint density at radius 3 is 2.42 bits per heavy atom. The second kappa shape index (κ2) is 9.02. The van der Waals surface area contributed by atoms with E-state index >= 15 is 0 Å². The van der Waals surface area contributed by atoms with Crippen molar-refractivity contribution in [2.24, 2.45) is 0 Å². The number of hydrogen-bond donors (Lipinski definition) is 1. The molecule has 3 aliphatic heterocycles. The highest BCUT2D eigenvalue weighted by molar-refractivity contribution is 8.04. The number of hydrogen-bond acceptors (Lipinski definition) is 4. The van der Waals surface area contributed by atoms with E-state index in [1.807, 2.05) is 72.8 Å². The second-order valence-corrected chi connectivity index (χ2v) is 9.64. The molecular formula is C29H22N4O2S. The standard InChI is InChI=1S/C29H22N4O2S/c1-19(34)33-25-14-8-9-15-26(25)36-27(33)17-23-29(35)32-18-24(21-12-6-3-7-13-21)30-22(28(32)31-23)16-20-10-4-2-5-11-20/h2-15,17-18,30H,16H2,1H3/b27-17-. The third kappa shape index (κ3) is 3.93. The van der Waals surface area contributed by atoms with Gasteiger partial charge in [-0.1, -0.05) is 84.6 Å². The van der Waals surface area contributed by atoms with E-state index in [1.165, 1.54) is 18.7 Å². The zero-order valence-corrected chi connectivity index (χ0v) is 20.3. The number of fused-ring (bicyclic) bond motifs is 2. The van der Waals surface area contributed by atoms with Crippen LogP contribution < -0.4 is 10.5 Å². The first-order valence-corrected chi connectivity index (χ1v) is 12.4. The van der Waals surface area contributed by atoms with Crippen molar-refractivity contribution in [1.29, 1.82) is 0 Å². The molecule has 0 aliphatic carbocycles. The lowest BCUT2D eigenvalue weighted by Crippen LogP contribution is -2.23. The number of aromatic amines is 1. The fourth-order valence-electron chi connectivity index (χ4n) is 4.47. The van der Waals surface area contributed by atoms with Crippen molar-refractivity contribution < 1.29 is 4.79 Å². The lowest BCUT2D eigenvalue weighted by atomic mass is 10.1. The summed E-state index contributed by atoms with van der Waals surface area (Å²) >= 11 is 1.46. The number of carbonyl (C=O) groups is 1. The van der Waals surface area contributed by atoms with Crippen LogP contribution in [0, 0.1) is 0 Å². The summed E-state index contributed by atoms with van der Waals surface area (Å²) < 4.78 is 1.61. The van der Waals surface area contributed by atoms with Gasteiger partial charge >= 0.3 is 0 Å². The number of amides is 1. The van der Waals surface area contributed by atoms with Gasteiger partial charge < -0.3 is 4.98 Å². The Labute approximate surface area is 212 Å². The van der Waals surface area contributed by atoms with Crippen LogP contribution in [0.2, 0.25) is 0 Å². The molecule has 0 fully saturated rings. The van der Waals surface area contributed by atoms with Crippen molar-refractivity contribution in [3.8, 4) is 17.1 Å². The van der Waals surface area contributed by atoms with E-state index in [1.54, 1.807) is 21.7 Å². The van der Waals surface area contributed by atoms with Crippen LogP contribution in [-0.2, 0) is 11.2 Å². The molecule has 0 saturated carbocycles. The second-order valence-electron chi connectivity index (χ2n) is 8.58. The van der Waals surface area contributed by atoms with Crippen molar-refractivity contribution in [3.63, 3.8) is 0 Å². The Balaban J connectivity index is 1.51. The molecule has 0 saturated heterocycles. The van der Waals surface area contributed by atoms with Crippen molar-refractivity contribution in [2.75, 3.05) is 4.90 Å². The molecule has 176 valence electrons. The highest BCUT2D eigenvalue weighted by atomic mass is 32.2. The molecule has 0 spiro atoms. The van der Waals surface area contributed by atoms with Gasteiger partial charge in [0.1, 0.15) is 5.69 Å². The summed E-state index contributed by atoms with van der Waals surface area (Å²) in [5.74, 6) is 0.463. The maximum Gasteiger partial charge on any atom is 0.282 e. The molecule has 0 aromatic heterocycles. The third-order valence-corrected chi connectivity index (χ3v) is 7.21. The molecule has 1 N–H and O–H groups in total. The van der Waals surface area contributed by atoms with Crippen molar-refractivity contribution >= 4 is 29.4 Å². The number of nitrogens with one attached hydrogen (secondary N) is 1. The summed E-state index contributed by atoms with van der Waals surface area (Å²) in [5.41, 5.74) is 4.65. The predicted molar refractivity (Wildman–Crippen MR) is 143 cm³/mol. The minimum absolute atomic E-state index is 0.112. The Kier molecular flexibility index (Phi) is 5.54. The molecule has 3 aliphatic rings. The number of aromatic nitrogens is 3. The maximum atomic E-state index is 13.6. The van der Waals surface area contributed by atoms with Gasteiger partial charge in [-0.25, -0.2) is 4.98 Å². The summed E-state index contributed by atoms with van der Waals surface area (Å²) in [5, 5.41) is 0.668. The van der Waals surface area contributed by atoms with Crippen molar-refractivity contribution in [3.05, 3.63) is 123 Å². The van der Waals surface area contributed by atoms with Crippen LogP contribution in [0.3, 0.4) is 0 Å². The summed E-state index contributed by atoms with van der Waals surface area (Å²) in [6.07, 6.45) is 4.11. The fraction of sp³-hybridized carbons (Fsp3) is 0.0690. The molecule has 36 heavy (non-hydrogen) atoms. The average Bonchev–Trinajstić information content (AvgIpc) is 3.43. The number of rotatable bonds is 4. The SMILES string of the molecule is CC(=O)N1/C(=C/c2nc3c(Cc4ccccc4)[nH]c(-c4ccccc4)cn-3c2=O)Sc2ccccc21. The highest BCUT2D eigenvalue weighted by Gasteiger charge is 2.29. The predicted octanol–water partition coefficient (Wildman–Crippen LogP) is 5.71. The quantitative estimate of drug-likeness (QED) is 0.350. The van der Waals surface area contributed by atoms with Crippen LogP contribution in [0.25, 0.3) is 23.2 Å². The molecule has 1 amide bonds. The van der Waals surface area contributed by atoms with Crippen LogP contribution in [-0.4, -0.2) is 20.4 Å². The molecular weight excluding hydrogens is 468 g/mol. The molecule has 0 unspecified atom stereocenters. The van der Waals surface area contributed by atoms with E-state index in [-0.39, 0.29) is 11.5 Å².